The second-order valence-electron chi connectivity index (χ2n) is 4.35. The maximum absolute atomic E-state index is 5.58. The Kier molecular flexibility index (Phi) is 3.14. The molecule has 1 atom stereocenters. The second-order valence-corrected chi connectivity index (χ2v) is 5.20. The van der Waals surface area contributed by atoms with E-state index in [0.29, 0.717) is 13.4 Å². The second kappa shape index (κ2) is 4.24. The van der Waals surface area contributed by atoms with E-state index >= 15 is 0 Å². The molecule has 15 heavy (non-hydrogen) atoms. The molecular weight excluding hydrogens is 256 g/mol. The van der Waals surface area contributed by atoms with Gasteiger partial charge in [-0.05, 0) is 11.6 Å². The molecule has 3 heteroatoms. The summed E-state index contributed by atoms with van der Waals surface area (Å²) in [6.07, 6.45) is 0.135. The minimum Gasteiger partial charge on any atom is -0.353 e. The SMILES string of the molecule is CC(C)(c1ccccc1Br)[C@@H]1COCO1. The van der Waals surface area contributed by atoms with Crippen LogP contribution in [0.3, 0.4) is 0 Å². The molecule has 1 saturated heterocycles. The van der Waals surface area contributed by atoms with E-state index in [0.717, 1.165) is 4.47 Å². The van der Waals surface area contributed by atoms with Crippen molar-refractivity contribution < 1.29 is 9.47 Å². The Labute approximate surface area is 98.7 Å². The Morgan fingerprint density at radius 2 is 2.07 bits per heavy atom. The van der Waals surface area contributed by atoms with Crippen molar-refractivity contribution in [2.75, 3.05) is 13.4 Å². The third-order valence-electron chi connectivity index (χ3n) is 2.99. The van der Waals surface area contributed by atoms with Gasteiger partial charge in [0.05, 0.1) is 12.7 Å². The summed E-state index contributed by atoms with van der Waals surface area (Å²) < 4.78 is 12.0. The van der Waals surface area contributed by atoms with Crippen LogP contribution in [0.25, 0.3) is 0 Å². The highest BCUT2D eigenvalue weighted by Crippen LogP contribution is 2.35. The molecule has 0 saturated carbocycles. The zero-order chi connectivity index (χ0) is 10.9. The van der Waals surface area contributed by atoms with Crippen LogP contribution < -0.4 is 0 Å². The number of hydrogen-bond donors (Lipinski definition) is 0. The molecule has 0 aromatic heterocycles. The highest BCUT2D eigenvalue weighted by Gasteiger charge is 2.36. The first kappa shape index (κ1) is 11.1. The largest absolute Gasteiger partial charge is 0.353 e. The lowest BCUT2D eigenvalue weighted by Gasteiger charge is -2.31. The van der Waals surface area contributed by atoms with Crippen molar-refractivity contribution in [3.63, 3.8) is 0 Å². The van der Waals surface area contributed by atoms with Crippen molar-refractivity contribution in [1.82, 2.24) is 0 Å². The number of hydrogen-bond acceptors (Lipinski definition) is 2. The number of benzene rings is 1. The molecule has 82 valence electrons. The highest BCUT2D eigenvalue weighted by atomic mass is 79.9. The van der Waals surface area contributed by atoms with Crippen LogP contribution in [0.5, 0.6) is 0 Å². The summed E-state index contributed by atoms with van der Waals surface area (Å²) in [7, 11) is 0. The van der Waals surface area contributed by atoms with Crippen LogP contribution in [0, 0.1) is 0 Å². The summed E-state index contributed by atoms with van der Waals surface area (Å²) in [5.41, 5.74) is 1.23. The summed E-state index contributed by atoms with van der Waals surface area (Å²) in [4.78, 5) is 0. The first-order valence-corrected chi connectivity index (χ1v) is 5.86. The maximum atomic E-state index is 5.58. The van der Waals surface area contributed by atoms with Crippen molar-refractivity contribution in [3.05, 3.63) is 34.3 Å². The number of ether oxygens (including phenoxy) is 2. The van der Waals surface area contributed by atoms with Crippen molar-refractivity contribution >= 4 is 15.9 Å². The number of rotatable bonds is 2. The van der Waals surface area contributed by atoms with Crippen molar-refractivity contribution in [2.24, 2.45) is 0 Å². The van der Waals surface area contributed by atoms with E-state index in [4.69, 9.17) is 9.47 Å². The van der Waals surface area contributed by atoms with E-state index in [1.165, 1.54) is 5.56 Å². The zero-order valence-electron chi connectivity index (χ0n) is 9.00. The van der Waals surface area contributed by atoms with Crippen molar-refractivity contribution in [2.45, 2.75) is 25.4 Å². The molecule has 1 aromatic rings. The van der Waals surface area contributed by atoms with E-state index in [9.17, 15) is 0 Å². The normalized spacial score (nSPS) is 21.9. The molecule has 1 heterocycles. The lowest BCUT2D eigenvalue weighted by Crippen LogP contribution is -2.35. The Balaban J connectivity index is 2.31. The lowest BCUT2D eigenvalue weighted by molar-refractivity contribution is 0.0250. The van der Waals surface area contributed by atoms with E-state index in [-0.39, 0.29) is 11.5 Å². The molecule has 2 rings (SSSR count). The lowest BCUT2D eigenvalue weighted by atomic mass is 9.79. The Bertz CT molecular complexity index is 343. The van der Waals surface area contributed by atoms with Crippen LogP contribution in [-0.2, 0) is 14.9 Å². The molecule has 0 aliphatic carbocycles. The highest BCUT2D eigenvalue weighted by molar-refractivity contribution is 9.10. The van der Waals surface area contributed by atoms with Crippen LogP contribution in [0.15, 0.2) is 28.7 Å². The first-order chi connectivity index (χ1) is 7.12. The fraction of sp³-hybridized carbons (Fsp3) is 0.500. The molecule has 0 amide bonds. The smallest absolute Gasteiger partial charge is 0.147 e. The average Bonchev–Trinajstić information content (AvgIpc) is 2.71. The van der Waals surface area contributed by atoms with Crippen LogP contribution in [-0.4, -0.2) is 19.5 Å². The molecule has 0 N–H and O–H groups in total. The summed E-state index contributed by atoms with van der Waals surface area (Å²) in [5.74, 6) is 0. The van der Waals surface area contributed by atoms with Gasteiger partial charge in [-0.2, -0.15) is 0 Å². The van der Waals surface area contributed by atoms with Gasteiger partial charge in [0, 0.05) is 9.89 Å². The van der Waals surface area contributed by atoms with E-state index in [1.807, 2.05) is 6.07 Å². The average molecular weight is 271 g/mol. The van der Waals surface area contributed by atoms with Gasteiger partial charge in [0.2, 0.25) is 0 Å². The standard InChI is InChI=1S/C12H15BrO2/c1-12(2,11-7-14-8-15-11)9-5-3-4-6-10(9)13/h3-6,11H,7-8H2,1-2H3/t11-/m0/s1. The van der Waals surface area contributed by atoms with E-state index < -0.39 is 0 Å². The fourth-order valence-electron chi connectivity index (χ4n) is 1.91. The van der Waals surface area contributed by atoms with Crippen LogP contribution in [0.2, 0.25) is 0 Å². The van der Waals surface area contributed by atoms with Crippen molar-refractivity contribution in [3.8, 4) is 0 Å². The zero-order valence-corrected chi connectivity index (χ0v) is 10.6. The van der Waals surface area contributed by atoms with Crippen LogP contribution in [0.4, 0.5) is 0 Å². The minimum absolute atomic E-state index is 0.0312. The van der Waals surface area contributed by atoms with Crippen molar-refractivity contribution in [1.29, 1.82) is 0 Å². The third-order valence-corrected chi connectivity index (χ3v) is 3.69. The minimum atomic E-state index is -0.0312. The monoisotopic (exact) mass is 270 g/mol. The van der Waals surface area contributed by atoms with Gasteiger partial charge in [0.15, 0.2) is 0 Å². The summed E-state index contributed by atoms with van der Waals surface area (Å²) in [6.45, 7) is 5.46. The van der Waals surface area contributed by atoms with Gasteiger partial charge in [-0.1, -0.05) is 48.0 Å². The molecule has 0 unspecified atom stereocenters. The number of halogens is 1. The fourth-order valence-corrected chi connectivity index (χ4v) is 2.70. The van der Waals surface area contributed by atoms with Gasteiger partial charge < -0.3 is 9.47 Å². The molecule has 1 fully saturated rings. The van der Waals surface area contributed by atoms with Crippen LogP contribution in [0.1, 0.15) is 19.4 Å². The van der Waals surface area contributed by atoms with Gasteiger partial charge in [0.25, 0.3) is 0 Å². The molecule has 2 nitrogen and oxygen atoms in total. The Morgan fingerprint density at radius 3 is 2.67 bits per heavy atom. The molecular formula is C12H15BrO2. The van der Waals surface area contributed by atoms with Crippen LogP contribution >= 0.6 is 15.9 Å². The predicted molar refractivity (Wildman–Crippen MR) is 62.9 cm³/mol. The molecule has 0 bridgehead atoms. The maximum Gasteiger partial charge on any atom is 0.147 e. The molecule has 1 aliphatic rings. The molecule has 0 radical (unpaired) electrons. The third kappa shape index (κ3) is 2.10. The van der Waals surface area contributed by atoms with E-state index in [1.54, 1.807) is 0 Å². The van der Waals surface area contributed by atoms with Gasteiger partial charge in [-0.15, -0.1) is 0 Å². The Hall–Kier alpha value is -0.380. The predicted octanol–water partition coefficient (Wildman–Crippen LogP) is 3.10. The quantitative estimate of drug-likeness (QED) is 0.822. The molecule has 1 aromatic carbocycles. The van der Waals surface area contributed by atoms with Gasteiger partial charge in [-0.25, -0.2) is 0 Å². The topological polar surface area (TPSA) is 18.5 Å². The summed E-state index contributed by atoms with van der Waals surface area (Å²) >= 11 is 3.58. The first-order valence-electron chi connectivity index (χ1n) is 5.06. The van der Waals surface area contributed by atoms with Gasteiger partial charge >= 0.3 is 0 Å². The van der Waals surface area contributed by atoms with Gasteiger partial charge in [-0.3, -0.25) is 0 Å². The summed E-state index contributed by atoms with van der Waals surface area (Å²) in [5, 5.41) is 0. The van der Waals surface area contributed by atoms with Gasteiger partial charge in [0.1, 0.15) is 6.79 Å². The van der Waals surface area contributed by atoms with E-state index in [2.05, 4.69) is 48.0 Å². The molecule has 1 aliphatic heterocycles. The summed E-state index contributed by atoms with van der Waals surface area (Å²) in [6, 6.07) is 8.27. The Morgan fingerprint density at radius 1 is 1.33 bits per heavy atom. The molecule has 0 spiro atoms.